The third kappa shape index (κ3) is 3.79. The molecule has 1 aliphatic rings. The van der Waals surface area contributed by atoms with E-state index in [4.69, 9.17) is 0 Å². The lowest BCUT2D eigenvalue weighted by Gasteiger charge is -2.15. The SMILES string of the molecule is O=C(Nc1ccc(C(=O)N2CCCC2)cc1)c1cccc(Br)c1. The average molecular weight is 373 g/mol. The van der Waals surface area contributed by atoms with Crippen molar-refractivity contribution < 1.29 is 9.59 Å². The summed E-state index contributed by atoms with van der Waals surface area (Å²) >= 11 is 3.35. The van der Waals surface area contributed by atoms with Gasteiger partial charge in [-0.3, -0.25) is 9.59 Å². The van der Waals surface area contributed by atoms with Gasteiger partial charge in [-0.2, -0.15) is 0 Å². The zero-order valence-corrected chi connectivity index (χ0v) is 14.2. The highest BCUT2D eigenvalue weighted by molar-refractivity contribution is 9.10. The number of benzene rings is 2. The van der Waals surface area contributed by atoms with E-state index in [1.165, 1.54) is 0 Å². The second-order valence-electron chi connectivity index (χ2n) is 5.54. The van der Waals surface area contributed by atoms with E-state index in [9.17, 15) is 9.59 Å². The van der Waals surface area contributed by atoms with Crippen LogP contribution in [0.2, 0.25) is 0 Å². The van der Waals surface area contributed by atoms with Gasteiger partial charge in [0.05, 0.1) is 0 Å². The van der Waals surface area contributed by atoms with E-state index in [0.717, 1.165) is 30.4 Å². The maximum absolute atomic E-state index is 12.3. The molecule has 1 saturated heterocycles. The minimum absolute atomic E-state index is 0.0624. The van der Waals surface area contributed by atoms with Crippen molar-refractivity contribution in [1.82, 2.24) is 4.90 Å². The molecular weight excluding hydrogens is 356 g/mol. The first-order chi connectivity index (χ1) is 11.1. The summed E-state index contributed by atoms with van der Waals surface area (Å²) in [4.78, 5) is 26.3. The molecule has 0 aliphatic carbocycles. The van der Waals surface area contributed by atoms with Crippen molar-refractivity contribution in [2.75, 3.05) is 18.4 Å². The molecule has 4 nitrogen and oxygen atoms in total. The van der Waals surface area contributed by atoms with Crippen LogP contribution in [-0.4, -0.2) is 29.8 Å². The molecule has 118 valence electrons. The van der Waals surface area contributed by atoms with Crippen LogP contribution in [0.3, 0.4) is 0 Å². The van der Waals surface area contributed by atoms with Crippen LogP contribution >= 0.6 is 15.9 Å². The largest absolute Gasteiger partial charge is 0.339 e. The third-order valence-electron chi connectivity index (χ3n) is 3.87. The van der Waals surface area contributed by atoms with Gasteiger partial charge in [0.1, 0.15) is 0 Å². The maximum Gasteiger partial charge on any atom is 0.255 e. The van der Waals surface area contributed by atoms with Gasteiger partial charge in [0, 0.05) is 34.4 Å². The molecular formula is C18H17BrN2O2. The van der Waals surface area contributed by atoms with E-state index in [2.05, 4.69) is 21.2 Å². The van der Waals surface area contributed by atoms with Gasteiger partial charge < -0.3 is 10.2 Å². The molecule has 1 heterocycles. The first-order valence-electron chi connectivity index (χ1n) is 7.60. The number of hydrogen-bond acceptors (Lipinski definition) is 2. The van der Waals surface area contributed by atoms with Crippen LogP contribution in [0.25, 0.3) is 0 Å². The van der Waals surface area contributed by atoms with E-state index >= 15 is 0 Å². The first kappa shape index (κ1) is 15.7. The van der Waals surface area contributed by atoms with Gasteiger partial charge in [-0.1, -0.05) is 22.0 Å². The van der Waals surface area contributed by atoms with Crippen molar-refractivity contribution >= 4 is 33.4 Å². The lowest BCUT2D eigenvalue weighted by Crippen LogP contribution is -2.27. The topological polar surface area (TPSA) is 49.4 Å². The lowest BCUT2D eigenvalue weighted by molar-refractivity contribution is 0.0792. The van der Waals surface area contributed by atoms with Crippen molar-refractivity contribution in [3.05, 3.63) is 64.1 Å². The number of likely N-dealkylation sites (tertiary alicyclic amines) is 1. The Balaban J connectivity index is 1.67. The zero-order chi connectivity index (χ0) is 16.2. The van der Waals surface area contributed by atoms with Crippen LogP contribution in [0.15, 0.2) is 53.0 Å². The van der Waals surface area contributed by atoms with Gasteiger partial charge in [0.2, 0.25) is 0 Å². The fraction of sp³-hybridized carbons (Fsp3) is 0.222. The quantitative estimate of drug-likeness (QED) is 0.886. The molecule has 2 amide bonds. The predicted molar refractivity (Wildman–Crippen MR) is 93.7 cm³/mol. The molecule has 1 N–H and O–H groups in total. The third-order valence-corrected chi connectivity index (χ3v) is 4.36. The van der Waals surface area contributed by atoms with Crippen LogP contribution in [0.1, 0.15) is 33.6 Å². The van der Waals surface area contributed by atoms with Gasteiger partial charge in [0.25, 0.3) is 11.8 Å². The van der Waals surface area contributed by atoms with Crippen molar-refractivity contribution in [1.29, 1.82) is 0 Å². The van der Waals surface area contributed by atoms with Gasteiger partial charge in [-0.25, -0.2) is 0 Å². The van der Waals surface area contributed by atoms with Crippen molar-refractivity contribution in [3.8, 4) is 0 Å². The van der Waals surface area contributed by atoms with E-state index in [-0.39, 0.29) is 11.8 Å². The molecule has 2 aromatic carbocycles. The normalized spacial score (nSPS) is 13.9. The number of hydrogen-bond donors (Lipinski definition) is 1. The van der Waals surface area contributed by atoms with Gasteiger partial charge in [-0.05, 0) is 55.3 Å². The lowest BCUT2D eigenvalue weighted by atomic mass is 10.1. The van der Waals surface area contributed by atoms with Crippen molar-refractivity contribution in [2.45, 2.75) is 12.8 Å². The monoisotopic (exact) mass is 372 g/mol. The van der Waals surface area contributed by atoms with Crippen LogP contribution in [-0.2, 0) is 0 Å². The molecule has 23 heavy (non-hydrogen) atoms. The molecule has 5 heteroatoms. The van der Waals surface area contributed by atoms with E-state index in [0.29, 0.717) is 16.8 Å². The smallest absolute Gasteiger partial charge is 0.255 e. The molecule has 0 spiro atoms. The van der Waals surface area contributed by atoms with E-state index in [1.807, 2.05) is 17.0 Å². The zero-order valence-electron chi connectivity index (χ0n) is 12.6. The molecule has 0 radical (unpaired) electrons. The minimum atomic E-state index is -0.176. The standard InChI is InChI=1S/C18H17BrN2O2/c19-15-5-3-4-14(12-15)17(22)20-16-8-6-13(7-9-16)18(23)21-10-1-2-11-21/h3-9,12H,1-2,10-11H2,(H,20,22). The fourth-order valence-corrected chi connectivity index (χ4v) is 3.03. The number of carbonyl (C=O) groups excluding carboxylic acids is 2. The van der Waals surface area contributed by atoms with E-state index in [1.54, 1.807) is 36.4 Å². The molecule has 1 fully saturated rings. The van der Waals surface area contributed by atoms with Gasteiger partial charge in [0.15, 0.2) is 0 Å². The maximum atomic E-state index is 12.3. The molecule has 0 bridgehead atoms. The summed E-state index contributed by atoms with van der Waals surface area (Å²) in [7, 11) is 0. The Hall–Kier alpha value is -2.14. The van der Waals surface area contributed by atoms with Crippen LogP contribution < -0.4 is 5.32 Å². The molecule has 0 saturated carbocycles. The Labute approximate surface area is 143 Å². The second-order valence-corrected chi connectivity index (χ2v) is 6.46. The molecule has 1 aliphatic heterocycles. The summed E-state index contributed by atoms with van der Waals surface area (Å²) in [6, 6.07) is 14.3. The highest BCUT2D eigenvalue weighted by Gasteiger charge is 2.19. The molecule has 3 rings (SSSR count). The summed E-state index contributed by atoms with van der Waals surface area (Å²) < 4.78 is 0.858. The summed E-state index contributed by atoms with van der Waals surface area (Å²) in [5.41, 5.74) is 1.91. The number of anilines is 1. The van der Waals surface area contributed by atoms with Crippen molar-refractivity contribution in [2.24, 2.45) is 0 Å². The number of nitrogens with one attached hydrogen (secondary N) is 1. The average Bonchev–Trinajstić information content (AvgIpc) is 3.09. The van der Waals surface area contributed by atoms with Gasteiger partial charge >= 0.3 is 0 Å². The Morgan fingerprint density at radius 2 is 1.65 bits per heavy atom. The second kappa shape index (κ2) is 6.96. The summed E-state index contributed by atoms with van der Waals surface area (Å²) in [5, 5.41) is 2.84. The first-order valence-corrected chi connectivity index (χ1v) is 8.39. The molecule has 2 aromatic rings. The molecule has 0 aromatic heterocycles. The summed E-state index contributed by atoms with van der Waals surface area (Å²) in [6.07, 6.45) is 2.15. The predicted octanol–water partition coefficient (Wildman–Crippen LogP) is 3.94. The number of amides is 2. The van der Waals surface area contributed by atoms with Crippen LogP contribution in [0, 0.1) is 0 Å². The van der Waals surface area contributed by atoms with Crippen molar-refractivity contribution in [3.63, 3.8) is 0 Å². The van der Waals surface area contributed by atoms with Crippen LogP contribution in [0.5, 0.6) is 0 Å². The van der Waals surface area contributed by atoms with E-state index < -0.39 is 0 Å². The summed E-state index contributed by atoms with van der Waals surface area (Å²) in [6.45, 7) is 1.67. The number of carbonyl (C=O) groups is 2. The Morgan fingerprint density at radius 1 is 0.957 bits per heavy atom. The number of nitrogens with zero attached hydrogens (tertiary/aromatic N) is 1. The Bertz CT molecular complexity index is 722. The number of halogens is 1. The highest BCUT2D eigenvalue weighted by atomic mass is 79.9. The Morgan fingerprint density at radius 3 is 2.30 bits per heavy atom. The minimum Gasteiger partial charge on any atom is -0.339 e. The highest BCUT2D eigenvalue weighted by Crippen LogP contribution is 2.17. The van der Waals surface area contributed by atoms with Gasteiger partial charge in [-0.15, -0.1) is 0 Å². The Kier molecular flexibility index (Phi) is 4.76. The molecule has 0 atom stereocenters. The number of rotatable bonds is 3. The summed E-state index contributed by atoms with van der Waals surface area (Å²) in [5.74, 6) is -0.114. The van der Waals surface area contributed by atoms with Crippen LogP contribution in [0.4, 0.5) is 5.69 Å². The molecule has 0 unspecified atom stereocenters. The fourth-order valence-electron chi connectivity index (χ4n) is 2.63.